The van der Waals surface area contributed by atoms with Gasteiger partial charge in [-0.2, -0.15) is 0 Å². The van der Waals surface area contributed by atoms with Crippen LogP contribution in [0.5, 0.6) is 0 Å². The van der Waals surface area contributed by atoms with Gasteiger partial charge in [0.15, 0.2) is 12.3 Å². The molecule has 0 aromatic carbocycles. The van der Waals surface area contributed by atoms with Gasteiger partial charge in [0.1, 0.15) is 6.20 Å². The lowest BCUT2D eigenvalue weighted by molar-refractivity contribution is -0.923. The van der Waals surface area contributed by atoms with E-state index in [2.05, 4.69) is 56.0 Å². The molecular formula is C30H58N3O+. The van der Waals surface area contributed by atoms with Crippen molar-refractivity contribution in [2.24, 2.45) is 0 Å². The number of nitrogens with one attached hydrogen (secondary N) is 2. The minimum absolute atomic E-state index is 0.0489. The summed E-state index contributed by atoms with van der Waals surface area (Å²) in [5, 5.41) is 6.64. The molecule has 0 aromatic rings. The van der Waals surface area contributed by atoms with Gasteiger partial charge in [0.25, 0.3) is 0 Å². The normalized spacial score (nSPS) is 20.6. The van der Waals surface area contributed by atoms with Crippen molar-refractivity contribution in [1.29, 1.82) is 0 Å². The van der Waals surface area contributed by atoms with Crippen LogP contribution in [0.4, 0.5) is 0 Å². The quantitative estimate of drug-likeness (QED) is 0.0937. The number of amides is 1. The van der Waals surface area contributed by atoms with E-state index in [9.17, 15) is 4.79 Å². The molecule has 4 heteroatoms. The Bertz CT molecular complexity index is 559. The number of rotatable bonds is 22. The third-order valence-corrected chi connectivity index (χ3v) is 7.64. The summed E-state index contributed by atoms with van der Waals surface area (Å²) in [6.07, 6.45) is 34.1. The molecule has 0 aliphatic carbocycles. The first-order valence-electron chi connectivity index (χ1n) is 14.8. The molecule has 3 atom stereocenters. The van der Waals surface area contributed by atoms with Crippen LogP contribution in [0.1, 0.15) is 143 Å². The van der Waals surface area contributed by atoms with Crippen LogP contribution in [0.2, 0.25) is 0 Å². The molecule has 3 unspecified atom stereocenters. The Balaban J connectivity index is 1.97. The Morgan fingerprint density at radius 3 is 1.85 bits per heavy atom. The highest BCUT2D eigenvalue weighted by Gasteiger charge is 2.41. The van der Waals surface area contributed by atoms with Crippen molar-refractivity contribution >= 4 is 5.91 Å². The fraction of sp³-hybridized carbons (Fsp3) is 0.833. The Morgan fingerprint density at radius 2 is 1.35 bits per heavy atom. The second kappa shape index (κ2) is 20.0. The molecule has 0 saturated heterocycles. The van der Waals surface area contributed by atoms with Gasteiger partial charge in [0.05, 0.1) is 12.7 Å². The summed E-state index contributed by atoms with van der Waals surface area (Å²) in [4.78, 5) is 11.5. The maximum absolute atomic E-state index is 11.5. The topological polar surface area (TPSA) is 41.1 Å². The zero-order valence-corrected chi connectivity index (χ0v) is 23.3. The second-order valence-corrected chi connectivity index (χ2v) is 10.5. The summed E-state index contributed by atoms with van der Waals surface area (Å²) in [5.41, 5.74) is 0. The summed E-state index contributed by atoms with van der Waals surface area (Å²) in [5.74, 6) is 0.0489. The number of allylic oxidation sites excluding steroid dienone is 2. The first-order chi connectivity index (χ1) is 16.6. The standard InChI is InChI=1S/C30H57N3O/c1-5-7-8-9-10-11-12-13-14-15-16-17-18-19-20-21-22-23-24-25-30-31-26-27-33(30,6-2)28(3)32-29(4)34/h19-20,26-28,30-31H,5-18,21-25H2,1-4H3/p+1/b20-19+. The van der Waals surface area contributed by atoms with E-state index in [-0.39, 0.29) is 12.1 Å². The monoisotopic (exact) mass is 476 g/mol. The predicted molar refractivity (Wildman–Crippen MR) is 148 cm³/mol. The second-order valence-electron chi connectivity index (χ2n) is 10.5. The van der Waals surface area contributed by atoms with E-state index in [1.54, 1.807) is 6.92 Å². The van der Waals surface area contributed by atoms with Crippen molar-refractivity contribution in [2.45, 2.75) is 156 Å². The van der Waals surface area contributed by atoms with Gasteiger partial charge in [0, 0.05) is 20.3 Å². The fourth-order valence-electron chi connectivity index (χ4n) is 5.39. The lowest BCUT2D eigenvalue weighted by atomic mass is 10.0. The maximum atomic E-state index is 11.5. The van der Waals surface area contributed by atoms with Crippen molar-refractivity contribution in [2.75, 3.05) is 6.54 Å². The number of nitrogens with zero attached hydrogens (tertiary/aromatic N) is 1. The Morgan fingerprint density at radius 1 is 0.853 bits per heavy atom. The van der Waals surface area contributed by atoms with E-state index in [1.165, 1.54) is 109 Å². The number of hydrogen-bond acceptors (Lipinski definition) is 2. The van der Waals surface area contributed by atoms with Crippen LogP contribution >= 0.6 is 0 Å². The molecule has 1 aliphatic rings. The van der Waals surface area contributed by atoms with Crippen LogP contribution < -0.4 is 10.6 Å². The third kappa shape index (κ3) is 13.0. The Kier molecular flexibility index (Phi) is 18.0. The molecule has 1 aliphatic heterocycles. The van der Waals surface area contributed by atoms with E-state index >= 15 is 0 Å². The average Bonchev–Trinajstić information content (AvgIpc) is 3.24. The van der Waals surface area contributed by atoms with E-state index in [1.807, 2.05) is 0 Å². The Labute approximate surface area is 212 Å². The number of unbranched alkanes of at least 4 members (excludes halogenated alkanes) is 15. The number of carbonyl (C=O) groups excluding carboxylic acids is 1. The maximum Gasteiger partial charge on any atom is 0.221 e. The molecule has 1 amide bonds. The number of quaternary nitrogens is 1. The van der Waals surface area contributed by atoms with Crippen LogP contribution in [0, 0.1) is 0 Å². The SMILES string of the molecule is CCCCCCCCCCCCCC/C=C/CCCCCC1NC=C[N+]1(CC)C(C)NC(C)=O. The molecule has 1 rings (SSSR count). The number of hydrogen-bond donors (Lipinski definition) is 2. The molecule has 34 heavy (non-hydrogen) atoms. The van der Waals surface area contributed by atoms with Gasteiger partial charge >= 0.3 is 0 Å². The molecule has 0 spiro atoms. The summed E-state index contributed by atoms with van der Waals surface area (Å²) in [6, 6.07) is 0. The smallest absolute Gasteiger partial charge is 0.221 e. The lowest BCUT2D eigenvalue weighted by Crippen LogP contribution is -2.62. The highest BCUT2D eigenvalue weighted by Crippen LogP contribution is 2.26. The van der Waals surface area contributed by atoms with Crippen molar-refractivity contribution in [1.82, 2.24) is 10.6 Å². The summed E-state index contributed by atoms with van der Waals surface area (Å²) in [7, 11) is 0. The van der Waals surface area contributed by atoms with Crippen LogP contribution in [-0.2, 0) is 4.79 Å². The first kappa shape index (κ1) is 30.7. The molecule has 1 heterocycles. The molecule has 198 valence electrons. The summed E-state index contributed by atoms with van der Waals surface area (Å²) in [6.45, 7) is 9.22. The van der Waals surface area contributed by atoms with Crippen molar-refractivity contribution in [3.63, 3.8) is 0 Å². The van der Waals surface area contributed by atoms with Crippen LogP contribution in [0.25, 0.3) is 0 Å². The van der Waals surface area contributed by atoms with Crippen molar-refractivity contribution < 1.29 is 9.28 Å². The fourth-order valence-corrected chi connectivity index (χ4v) is 5.39. The zero-order valence-electron chi connectivity index (χ0n) is 23.3. The summed E-state index contributed by atoms with van der Waals surface area (Å²) < 4.78 is 0.804. The highest BCUT2D eigenvalue weighted by atomic mass is 16.1. The minimum Gasteiger partial charge on any atom is -0.338 e. The van der Waals surface area contributed by atoms with Gasteiger partial charge in [0.2, 0.25) is 5.91 Å². The molecule has 4 nitrogen and oxygen atoms in total. The molecule has 0 radical (unpaired) electrons. The largest absolute Gasteiger partial charge is 0.338 e. The van der Waals surface area contributed by atoms with Gasteiger partial charge in [-0.25, -0.2) is 0 Å². The predicted octanol–water partition coefficient (Wildman–Crippen LogP) is 8.30. The zero-order chi connectivity index (χ0) is 24.9. The van der Waals surface area contributed by atoms with Crippen LogP contribution in [0.15, 0.2) is 24.6 Å². The minimum atomic E-state index is 0.0489. The highest BCUT2D eigenvalue weighted by molar-refractivity contribution is 5.72. The summed E-state index contributed by atoms with van der Waals surface area (Å²) >= 11 is 0. The molecule has 0 saturated carbocycles. The molecule has 2 N–H and O–H groups in total. The van der Waals surface area contributed by atoms with Gasteiger partial charge in [-0.1, -0.05) is 96.1 Å². The average molecular weight is 477 g/mol. The van der Waals surface area contributed by atoms with Crippen molar-refractivity contribution in [3.8, 4) is 0 Å². The van der Waals surface area contributed by atoms with Crippen molar-refractivity contribution in [3.05, 3.63) is 24.6 Å². The third-order valence-electron chi connectivity index (χ3n) is 7.64. The lowest BCUT2D eigenvalue weighted by Gasteiger charge is -2.41. The van der Waals surface area contributed by atoms with Crippen LogP contribution in [-0.4, -0.2) is 29.3 Å². The molecular weight excluding hydrogens is 418 g/mol. The van der Waals surface area contributed by atoms with Gasteiger partial charge in [-0.3, -0.25) is 9.28 Å². The van der Waals surface area contributed by atoms with Gasteiger partial charge in [-0.05, 0) is 39.0 Å². The molecule has 0 fully saturated rings. The number of carbonyl (C=O) groups is 1. The van der Waals surface area contributed by atoms with Gasteiger partial charge < -0.3 is 10.6 Å². The van der Waals surface area contributed by atoms with Crippen LogP contribution in [0.3, 0.4) is 0 Å². The molecule has 0 aromatic heterocycles. The van der Waals surface area contributed by atoms with Gasteiger partial charge in [-0.15, -0.1) is 0 Å². The first-order valence-corrected chi connectivity index (χ1v) is 14.8. The van der Waals surface area contributed by atoms with E-state index < -0.39 is 0 Å². The van der Waals surface area contributed by atoms with E-state index in [0.717, 1.165) is 17.4 Å². The molecule has 0 bridgehead atoms. The Hall–Kier alpha value is -1.29. The van der Waals surface area contributed by atoms with E-state index in [0.29, 0.717) is 6.17 Å². The van der Waals surface area contributed by atoms with E-state index in [4.69, 9.17) is 0 Å².